The number of rotatable bonds is 0. The van der Waals surface area contributed by atoms with E-state index in [9.17, 15) is 9.90 Å². The molecule has 3 nitrogen and oxygen atoms in total. The summed E-state index contributed by atoms with van der Waals surface area (Å²) >= 11 is 0. The van der Waals surface area contributed by atoms with E-state index in [2.05, 4.69) is 4.90 Å². The van der Waals surface area contributed by atoms with Gasteiger partial charge in [0.25, 0.3) is 0 Å². The van der Waals surface area contributed by atoms with Crippen molar-refractivity contribution in [1.29, 1.82) is 0 Å². The summed E-state index contributed by atoms with van der Waals surface area (Å²) in [4.78, 5) is 14.1. The second-order valence-electron chi connectivity index (χ2n) is 4.81. The Kier molecular flexibility index (Phi) is 1.89. The van der Waals surface area contributed by atoms with Gasteiger partial charge in [0.1, 0.15) is 0 Å². The van der Waals surface area contributed by atoms with Crippen LogP contribution in [0.3, 0.4) is 0 Å². The summed E-state index contributed by atoms with van der Waals surface area (Å²) in [5, 5.41) is 10.6. The number of Topliss-reactive ketones (excluding diaryl/α,β-unsaturated/α-hetero) is 1. The zero-order valence-electron chi connectivity index (χ0n) is 9.31. The van der Waals surface area contributed by atoms with Gasteiger partial charge in [-0.3, -0.25) is 4.79 Å². The van der Waals surface area contributed by atoms with E-state index >= 15 is 0 Å². The first-order valence-electron chi connectivity index (χ1n) is 5.71. The summed E-state index contributed by atoms with van der Waals surface area (Å²) in [6, 6.07) is 7.96. The van der Waals surface area contributed by atoms with Gasteiger partial charge in [0.05, 0.1) is 0 Å². The van der Waals surface area contributed by atoms with Crippen LogP contribution in [0.1, 0.15) is 24.8 Å². The van der Waals surface area contributed by atoms with Crippen LogP contribution in [0.2, 0.25) is 0 Å². The lowest BCUT2D eigenvalue weighted by molar-refractivity contribution is -0.143. The molecular weight excluding hydrogens is 202 g/mol. The lowest BCUT2D eigenvalue weighted by atomic mass is 9.72. The first-order chi connectivity index (χ1) is 7.63. The predicted molar refractivity (Wildman–Crippen MR) is 61.4 cm³/mol. The summed E-state index contributed by atoms with van der Waals surface area (Å²) in [7, 11) is 2.04. The fourth-order valence-corrected chi connectivity index (χ4v) is 2.98. The van der Waals surface area contributed by atoms with Crippen molar-refractivity contribution in [3.8, 4) is 0 Å². The molecule has 0 radical (unpaired) electrons. The predicted octanol–water partition coefficient (Wildman–Crippen LogP) is 1.45. The summed E-state index contributed by atoms with van der Waals surface area (Å²) in [5.41, 5.74) is 0.541. The zero-order chi connectivity index (χ0) is 11.3. The Hall–Kier alpha value is -1.35. The van der Waals surface area contributed by atoms with Crippen molar-refractivity contribution in [3.05, 3.63) is 29.8 Å². The van der Waals surface area contributed by atoms with Crippen LogP contribution >= 0.6 is 0 Å². The molecule has 0 unspecified atom stereocenters. The fourth-order valence-electron chi connectivity index (χ4n) is 2.98. The summed E-state index contributed by atoms with van der Waals surface area (Å²) in [6.45, 7) is 0. The third-order valence-electron chi connectivity index (χ3n) is 3.97. The highest BCUT2D eigenvalue weighted by molar-refractivity contribution is 5.92. The molecule has 2 atom stereocenters. The number of anilines is 1. The average molecular weight is 217 g/mol. The topological polar surface area (TPSA) is 40.5 Å². The minimum atomic E-state index is -1.23. The van der Waals surface area contributed by atoms with E-state index in [1.54, 1.807) is 0 Å². The second kappa shape index (κ2) is 3.08. The van der Waals surface area contributed by atoms with Gasteiger partial charge in [-0.25, -0.2) is 0 Å². The Labute approximate surface area is 94.7 Å². The van der Waals surface area contributed by atoms with E-state index in [0.29, 0.717) is 12.8 Å². The van der Waals surface area contributed by atoms with E-state index in [-0.39, 0.29) is 11.8 Å². The molecule has 3 heteroatoms. The lowest BCUT2D eigenvalue weighted by Gasteiger charge is -2.47. The smallest absolute Gasteiger partial charge is 0.169 e. The van der Waals surface area contributed by atoms with Crippen molar-refractivity contribution in [2.24, 2.45) is 0 Å². The maximum Gasteiger partial charge on any atom is 0.169 e. The van der Waals surface area contributed by atoms with E-state index < -0.39 is 5.60 Å². The molecular formula is C13H15NO2. The number of fused-ring (bicyclic) bond motifs is 4. The molecule has 1 saturated carbocycles. The maximum atomic E-state index is 11.9. The molecule has 1 aromatic carbocycles. The summed E-state index contributed by atoms with van der Waals surface area (Å²) in [5.74, 6) is -0.0238. The Balaban J connectivity index is 2.23. The van der Waals surface area contributed by atoms with Gasteiger partial charge in [-0.1, -0.05) is 18.2 Å². The second-order valence-corrected chi connectivity index (χ2v) is 4.81. The minimum Gasteiger partial charge on any atom is -0.377 e. The molecule has 0 amide bonds. The lowest BCUT2D eigenvalue weighted by Crippen LogP contribution is -2.53. The van der Waals surface area contributed by atoms with Crippen LogP contribution in [0, 0.1) is 0 Å². The first-order valence-corrected chi connectivity index (χ1v) is 5.71. The molecule has 1 N–H and O–H groups in total. The SMILES string of the molecule is CN1c2ccccc2[C@]2(O)C[C@H]1CCC2=O. The molecule has 1 aromatic rings. The zero-order valence-corrected chi connectivity index (χ0v) is 9.31. The molecule has 2 bridgehead atoms. The monoisotopic (exact) mass is 217 g/mol. The number of benzene rings is 1. The highest BCUT2D eigenvalue weighted by Gasteiger charge is 2.49. The van der Waals surface area contributed by atoms with Gasteiger partial charge in [0, 0.05) is 37.2 Å². The highest BCUT2D eigenvalue weighted by Crippen LogP contribution is 2.45. The average Bonchev–Trinajstić information content (AvgIpc) is 2.31. The number of para-hydroxylation sites is 1. The van der Waals surface area contributed by atoms with Crippen molar-refractivity contribution in [3.63, 3.8) is 0 Å². The van der Waals surface area contributed by atoms with E-state index in [1.165, 1.54) is 0 Å². The van der Waals surface area contributed by atoms with Crippen LogP contribution in [0.25, 0.3) is 0 Å². The molecule has 3 rings (SSSR count). The van der Waals surface area contributed by atoms with Crippen LogP contribution in [0.4, 0.5) is 5.69 Å². The molecule has 1 aliphatic carbocycles. The number of hydrogen-bond donors (Lipinski definition) is 1. The Morgan fingerprint density at radius 2 is 2.19 bits per heavy atom. The van der Waals surface area contributed by atoms with Crippen molar-refractivity contribution in [1.82, 2.24) is 0 Å². The molecule has 0 aromatic heterocycles. The molecule has 0 spiro atoms. The van der Waals surface area contributed by atoms with Crippen LogP contribution < -0.4 is 4.90 Å². The number of carbonyl (C=O) groups is 1. The van der Waals surface area contributed by atoms with Crippen molar-refractivity contribution in [2.45, 2.75) is 30.9 Å². The third-order valence-corrected chi connectivity index (χ3v) is 3.97. The van der Waals surface area contributed by atoms with Gasteiger partial charge in [-0.05, 0) is 12.5 Å². The van der Waals surface area contributed by atoms with Crippen molar-refractivity contribution >= 4 is 11.5 Å². The van der Waals surface area contributed by atoms with E-state index in [4.69, 9.17) is 0 Å². The standard InChI is InChI=1S/C13H15NO2/c1-14-9-6-7-12(15)13(16,8-9)10-4-2-3-5-11(10)14/h2-5,9,16H,6-8H2,1H3/t9-,13-/m1/s1. The van der Waals surface area contributed by atoms with Gasteiger partial charge in [0.15, 0.2) is 11.4 Å². The van der Waals surface area contributed by atoms with Crippen LogP contribution in [0.5, 0.6) is 0 Å². The van der Waals surface area contributed by atoms with Gasteiger partial charge < -0.3 is 10.0 Å². The molecule has 1 fully saturated rings. The largest absolute Gasteiger partial charge is 0.377 e. The Bertz CT molecular complexity index is 457. The third kappa shape index (κ3) is 1.09. The molecule has 2 aliphatic rings. The van der Waals surface area contributed by atoms with Crippen LogP contribution in [-0.2, 0) is 10.4 Å². The molecule has 1 aliphatic heterocycles. The number of nitrogens with zero attached hydrogens (tertiary/aromatic N) is 1. The number of hydrogen-bond acceptors (Lipinski definition) is 3. The first kappa shape index (κ1) is 9.85. The van der Waals surface area contributed by atoms with E-state index in [0.717, 1.165) is 17.7 Å². The normalized spacial score (nSPS) is 32.5. The minimum absolute atomic E-state index is 0.0238. The number of carbonyl (C=O) groups excluding carboxylic acids is 1. The number of aliphatic hydroxyl groups is 1. The highest BCUT2D eigenvalue weighted by atomic mass is 16.3. The van der Waals surface area contributed by atoms with Crippen molar-refractivity contribution in [2.75, 3.05) is 11.9 Å². The summed E-state index contributed by atoms with van der Waals surface area (Å²) < 4.78 is 0. The van der Waals surface area contributed by atoms with Gasteiger partial charge in [-0.15, -0.1) is 0 Å². The van der Waals surface area contributed by atoms with Gasteiger partial charge >= 0.3 is 0 Å². The fraction of sp³-hybridized carbons (Fsp3) is 0.462. The van der Waals surface area contributed by atoms with Gasteiger partial charge in [-0.2, -0.15) is 0 Å². The van der Waals surface area contributed by atoms with Crippen molar-refractivity contribution < 1.29 is 9.90 Å². The van der Waals surface area contributed by atoms with E-state index in [1.807, 2.05) is 31.3 Å². The molecule has 84 valence electrons. The quantitative estimate of drug-likeness (QED) is 0.715. The molecule has 1 heterocycles. The van der Waals surface area contributed by atoms with Crippen LogP contribution in [-0.4, -0.2) is 24.0 Å². The van der Waals surface area contributed by atoms with Crippen LogP contribution in [0.15, 0.2) is 24.3 Å². The number of ketones is 1. The summed E-state index contributed by atoms with van der Waals surface area (Å²) in [6.07, 6.45) is 1.88. The molecule has 16 heavy (non-hydrogen) atoms. The Morgan fingerprint density at radius 3 is 3.00 bits per heavy atom. The Morgan fingerprint density at radius 1 is 1.44 bits per heavy atom. The molecule has 0 saturated heterocycles. The van der Waals surface area contributed by atoms with Gasteiger partial charge in [0.2, 0.25) is 0 Å². The maximum absolute atomic E-state index is 11.9.